The third-order valence-electron chi connectivity index (χ3n) is 1.89. The topological polar surface area (TPSA) is 22.9 Å². The fraction of sp³-hybridized carbons (Fsp3) is 0.231. The fourth-order valence-electron chi connectivity index (χ4n) is 1.00. The molecule has 0 heterocycles. The SMILES string of the molecule is C=c1cccc/c1=C/C(C)=C\C.C[OH2+]. The van der Waals surface area contributed by atoms with Crippen LogP contribution in [0.15, 0.2) is 35.9 Å². The van der Waals surface area contributed by atoms with E-state index in [1.807, 2.05) is 25.1 Å². The standard InChI is InChI=1S/C12H14.CH4O/c1-4-10(2)9-12-8-6-5-7-11(12)3;1-2/h4-9H,3H2,1-2H3;2H,1H3/p+1/b10-4-,12-9-;. The first-order valence-electron chi connectivity index (χ1n) is 4.62. The molecule has 0 aliphatic rings. The fourth-order valence-corrected chi connectivity index (χ4v) is 1.00. The Morgan fingerprint density at radius 2 is 1.86 bits per heavy atom. The maximum absolute atomic E-state index is 5.75. The van der Waals surface area contributed by atoms with Gasteiger partial charge >= 0.3 is 0 Å². The molecule has 0 amide bonds. The predicted octanol–water partition coefficient (Wildman–Crippen LogP) is 1.18. The largest absolute Gasteiger partial charge is 0.448 e. The van der Waals surface area contributed by atoms with Crippen molar-refractivity contribution < 1.29 is 5.11 Å². The van der Waals surface area contributed by atoms with Gasteiger partial charge in [-0.3, -0.25) is 0 Å². The van der Waals surface area contributed by atoms with E-state index in [0.29, 0.717) is 0 Å². The molecule has 1 rings (SSSR count). The van der Waals surface area contributed by atoms with Crippen molar-refractivity contribution in [3.63, 3.8) is 0 Å². The Hall–Kier alpha value is -1.34. The maximum atomic E-state index is 5.75. The Labute approximate surface area is 85.7 Å². The minimum absolute atomic E-state index is 1.08. The van der Waals surface area contributed by atoms with Crippen LogP contribution in [-0.4, -0.2) is 12.2 Å². The zero-order chi connectivity index (χ0) is 11.0. The molecule has 0 saturated carbocycles. The van der Waals surface area contributed by atoms with Gasteiger partial charge in [0, 0.05) is 0 Å². The van der Waals surface area contributed by atoms with Crippen molar-refractivity contribution in [2.75, 3.05) is 7.11 Å². The quantitative estimate of drug-likeness (QED) is 0.595. The van der Waals surface area contributed by atoms with Gasteiger partial charge in [0.2, 0.25) is 0 Å². The van der Waals surface area contributed by atoms with Gasteiger partial charge in [-0.25, -0.2) is 0 Å². The highest BCUT2D eigenvalue weighted by atomic mass is 16.2. The highest BCUT2D eigenvalue weighted by molar-refractivity contribution is 5.45. The van der Waals surface area contributed by atoms with Crippen molar-refractivity contribution in [2.45, 2.75) is 13.8 Å². The van der Waals surface area contributed by atoms with E-state index in [9.17, 15) is 0 Å². The molecule has 1 aromatic carbocycles. The van der Waals surface area contributed by atoms with Crippen molar-refractivity contribution in [2.24, 2.45) is 0 Å². The summed E-state index contributed by atoms with van der Waals surface area (Å²) in [5, 5.41) is 8.03. The van der Waals surface area contributed by atoms with Crippen LogP contribution in [0.3, 0.4) is 0 Å². The minimum atomic E-state index is 1.08. The normalized spacial score (nSPS) is 12.0. The molecule has 76 valence electrons. The van der Waals surface area contributed by atoms with Gasteiger partial charge in [-0.15, -0.1) is 0 Å². The van der Waals surface area contributed by atoms with Crippen LogP contribution in [0.5, 0.6) is 0 Å². The first-order chi connectivity index (χ1) is 6.74. The molecule has 0 radical (unpaired) electrons. The summed E-state index contributed by atoms with van der Waals surface area (Å²) >= 11 is 0. The lowest BCUT2D eigenvalue weighted by Crippen LogP contribution is -2.21. The third-order valence-corrected chi connectivity index (χ3v) is 1.89. The lowest BCUT2D eigenvalue weighted by atomic mass is 10.2. The molecule has 0 aromatic heterocycles. The van der Waals surface area contributed by atoms with Crippen LogP contribution in [0.25, 0.3) is 12.7 Å². The van der Waals surface area contributed by atoms with Crippen LogP contribution < -0.4 is 10.4 Å². The van der Waals surface area contributed by atoms with E-state index in [1.54, 1.807) is 0 Å². The van der Waals surface area contributed by atoms with Gasteiger partial charge in [0.25, 0.3) is 0 Å². The lowest BCUT2D eigenvalue weighted by molar-refractivity contribution is 0.399. The summed E-state index contributed by atoms with van der Waals surface area (Å²) in [6.07, 6.45) is 4.23. The van der Waals surface area contributed by atoms with E-state index in [-0.39, 0.29) is 0 Å². The van der Waals surface area contributed by atoms with E-state index in [4.69, 9.17) is 5.11 Å². The minimum Gasteiger partial charge on any atom is -0.448 e. The van der Waals surface area contributed by atoms with Gasteiger partial charge in [-0.1, -0.05) is 48.6 Å². The Bertz CT molecular complexity index is 388. The van der Waals surface area contributed by atoms with E-state index in [0.717, 1.165) is 5.22 Å². The average Bonchev–Trinajstić information content (AvgIpc) is 2.24. The molecule has 14 heavy (non-hydrogen) atoms. The number of allylic oxidation sites excluding steroid dienone is 2. The van der Waals surface area contributed by atoms with Crippen LogP contribution in [-0.2, 0) is 0 Å². The molecule has 2 N–H and O–H groups in total. The molecule has 1 heteroatoms. The van der Waals surface area contributed by atoms with Crippen molar-refractivity contribution in [1.82, 2.24) is 0 Å². The zero-order valence-corrected chi connectivity index (χ0v) is 9.17. The van der Waals surface area contributed by atoms with Gasteiger partial charge in [0.1, 0.15) is 7.11 Å². The molecular formula is C13H19O+. The highest BCUT2D eigenvalue weighted by Crippen LogP contribution is 1.90. The second-order valence-electron chi connectivity index (χ2n) is 2.88. The highest BCUT2D eigenvalue weighted by Gasteiger charge is 1.81. The summed E-state index contributed by atoms with van der Waals surface area (Å²) in [4.78, 5) is 0. The molecule has 0 aliphatic carbocycles. The van der Waals surface area contributed by atoms with Gasteiger partial charge < -0.3 is 5.11 Å². The summed E-state index contributed by atoms with van der Waals surface area (Å²) in [6.45, 7) is 8.08. The van der Waals surface area contributed by atoms with Crippen LogP contribution >= 0.6 is 0 Å². The van der Waals surface area contributed by atoms with Crippen molar-refractivity contribution in [3.8, 4) is 0 Å². The first-order valence-corrected chi connectivity index (χ1v) is 4.62. The molecule has 0 aliphatic heterocycles. The Kier molecular flexibility index (Phi) is 6.42. The van der Waals surface area contributed by atoms with Gasteiger partial charge in [0.05, 0.1) is 0 Å². The Morgan fingerprint density at radius 1 is 1.29 bits per heavy atom. The van der Waals surface area contributed by atoms with Crippen LogP contribution in [0.1, 0.15) is 13.8 Å². The smallest absolute Gasteiger partial charge is 0.133 e. The van der Waals surface area contributed by atoms with Crippen molar-refractivity contribution in [1.29, 1.82) is 0 Å². The molecule has 0 unspecified atom stereocenters. The number of hydrogen-bond donors (Lipinski definition) is 0. The number of benzene rings is 1. The third kappa shape index (κ3) is 4.06. The van der Waals surface area contributed by atoms with E-state index in [2.05, 4.69) is 31.7 Å². The van der Waals surface area contributed by atoms with E-state index in [1.165, 1.54) is 17.9 Å². The lowest BCUT2D eigenvalue weighted by Gasteiger charge is -1.89. The summed E-state index contributed by atoms with van der Waals surface area (Å²) in [6, 6.07) is 8.14. The number of hydrogen-bond acceptors (Lipinski definition) is 0. The molecule has 1 aromatic rings. The van der Waals surface area contributed by atoms with Gasteiger partial charge in [-0.2, -0.15) is 0 Å². The molecular weight excluding hydrogens is 172 g/mol. The van der Waals surface area contributed by atoms with Gasteiger partial charge in [-0.05, 0) is 24.3 Å². The first kappa shape index (κ1) is 12.7. The summed E-state index contributed by atoms with van der Waals surface area (Å²) in [7, 11) is 1.25. The molecule has 0 fully saturated rings. The van der Waals surface area contributed by atoms with E-state index < -0.39 is 0 Å². The molecule has 1 nitrogen and oxygen atoms in total. The maximum Gasteiger partial charge on any atom is 0.133 e. The molecule has 0 spiro atoms. The van der Waals surface area contributed by atoms with Crippen molar-refractivity contribution >= 4 is 12.7 Å². The Morgan fingerprint density at radius 3 is 2.36 bits per heavy atom. The van der Waals surface area contributed by atoms with Gasteiger partial charge in [0.15, 0.2) is 0 Å². The van der Waals surface area contributed by atoms with Crippen LogP contribution in [0.2, 0.25) is 0 Å². The summed E-state index contributed by atoms with van der Waals surface area (Å²) < 4.78 is 0. The second kappa shape index (κ2) is 7.10. The zero-order valence-electron chi connectivity index (χ0n) is 9.17. The van der Waals surface area contributed by atoms with E-state index >= 15 is 0 Å². The summed E-state index contributed by atoms with van der Waals surface area (Å²) in [5.41, 5.74) is 1.27. The van der Waals surface area contributed by atoms with Crippen LogP contribution in [0.4, 0.5) is 0 Å². The van der Waals surface area contributed by atoms with Crippen LogP contribution in [0, 0.1) is 0 Å². The predicted molar refractivity (Wildman–Crippen MR) is 64.6 cm³/mol. The summed E-state index contributed by atoms with van der Waals surface area (Å²) in [5.74, 6) is 0. The monoisotopic (exact) mass is 191 g/mol. The molecule has 0 bridgehead atoms. The number of rotatable bonds is 1. The average molecular weight is 191 g/mol. The Balaban J connectivity index is 0.000000791. The molecule has 0 saturated heterocycles. The van der Waals surface area contributed by atoms with Crippen molar-refractivity contribution in [3.05, 3.63) is 46.4 Å². The second-order valence-corrected chi connectivity index (χ2v) is 2.88. The molecule has 0 atom stereocenters.